The molecule has 1 aromatic rings. The molecular formula is C11H11Cl2NO. The Morgan fingerprint density at radius 1 is 1.33 bits per heavy atom. The molecule has 0 aliphatic carbocycles. The Kier molecular flexibility index (Phi) is 3.17. The molecule has 0 bridgehead atoms. The maximum absolute atomic E-state index is 5.92. The van der Waals surface area contributed by atoms with E-state index in [1.165, 1.54) is 0 Å². The van der Waals surface area contributed by atoms with E-state index in [4.69, 9.17) is 28.0 Å². The van der Waals surface area contributed by atoms with E-state index in [0.29, 0.717) is 10.0 Å². The predicted octanol–water partition coefficient (Wildman–Crippen LogP) is 3.90. The van der Waals surface area contributed by atoms with Gasteiger partial charge >= 0.3 is 0 Å². The highest BCUT2D eigenvalue weighted by atomic mass is 35.5. The van der Waals surface area contributed by atoms with Gasteiger partial charge in [-0.1, -0.05) is 35.3 Å². The number of rotatable bonds is 2. The van der Waals surface area contributed by atoms with Gasteiger partial charge in [0.05, 0.1) is 5.71 Å². The molecular weight excluding hydrogens is 233 g/mol. The molecule has 0 saturated heterocycles. The fourth-order valence-electron chi connectivity index (χ4n) is 1.54. The third-order valence-electron chi connectivity index (χ3n) is 2.38. The molecule has 1 unspecified atom stereocenters. The van der Waals surface area contributed by atoms with Gasteiger partial charge in [0.2, 0.25) is 0 Å². The van der Waals surface area contributed by atoms with Crippen LogP contribution in [0.25, 0.3) is 0 Å². The lowest BCUT2D eigenvalue weighted by Gasteiger charge is -2.03. The zero-order chi connectivity index (χ0) is 10.8. The first-order valence-electron chi connectivity index (χ1n) is 4.88. The second-order valence-corrected chi connectivity index (χ2v) is 4.41. The molecule has 1 atom stereocenters. The molecule has 0 amide bonds. The summed E-state index contributed by atoms with van der Waals surface area (Å²) in [7, 11) is 0. The summed E-state index contributed by atoms with van der Waals surface area (Å²) < 4.78 is 0. The highest BCUT2D eigenvalue weighted by Crippen LogP contribution is 2.24. The Bertz CT molecular complexity index is 383. The first-order valence-corrected chi connectivity index (χ1v) is 5.63. The molecule has 0 N–H and O–H groups in total. The van der Waals surface area contributed by atoms with Crippen LogP contribution in [-0.4, -0.2) is 11.8 Å². The van der Waals surface area contributed by atoms with E-state index in [1.807, 2.05) is 12.1 Å². The zero-order valence-corrected chi connectivity index (χ0v) is 9.85. The minimum absolute atomic E-state index is 0.192. The quantitative estimate of drug-likeness (QED) is 0.773. The Hall–Kier alpha value is -0.730. The molecule has 4 heteroatoms. The molecule has 0 radical (unpaired) electrons. The first kappa shape index (κ1) is 10.8. The van der Waals surface area contributed by atoms with Crippen molar-refractivity contribution in [2.24, 2.45) is 5.16 Å². The molecule has 0 aromatic heterocycles. The van der Waals surface area contributed by atoms with Gasteiger partial charge in [0.25, 0.3) is 0 Å². The van der Waals surface area contributed by atoms with Crippen molar-refractivity contribution in [2.75, 3.05) is 0 Å². The molecule has 2 rings (SSSR count). The molecule has 0 spiro atoms. The Balaban J connectivity index is 2.24. The summed E-state index contributed by atoms with van der Waals surface area (Å²) >= 11 is 11.8. The Labute approximate surface area is 98.8 Å². The number of hydrogen-bond acceptors (Lipinski definition) is 2. The van der Waals surface area contributed by atoms with Crippen LogP contribution in [0.5, 0.6) is 0 Å². The minimum Gasteiger partial charge on any atom is -0.392 e. The van der Waals surface area contributed by atoms with E-state index in [0.717, 1.165) is 24.1 Å². The second-order valence-electron chi connectivity index (χ2n) is 3.54. The lowest BCUT2D eigenvalue weighted by Crippen LogP contribution is -2.06. The zero-order valence-electron chi connectivity index (χ0n) is 8.34. The maximum Gasteiger partial charge on any atom is 0.133 e. The third kappa shape index (κ3) is 2.44. The van der Waals surface area contributed by atoms with Gasteiger partial charge in [-0.25, -0.2) is 0 Å². The summed E-state index contributed by atoms with van der Waals surface area (Å²) in [6.07, 6.45) is 1.98. The van der Waals surface area contributed by atoms with E-state index in [2.05, 4.69) is 12.1 Å². The topological polar surface area (TPSA) is 21.6 Å². The Morgan fingerprint density at radius 2 is 2.00 bits per heavy atom. The van der Waals surface area contributed by atoms with Crippen molar-refractivity contribution in [1.82, 2.24) is 0 Å². The van der Waals surface area contributed by atoms with Gasteiger partial charge in [0.1, 0.15) is 6.10 Å². The Morgan fingerprint density at radius 3 is 2.53 bits per heavy atom. The fourth-order valence-corrected chi connectivity index (χ4v) is 2.06. The molecule has 0 saturated carbocycles. The van der Waals surface area contributed by atoms with Gasteiger partial charge in [-0.05, 0) is 24.6 Å². The van der Waals surface area contributed by atoms with E-state index in [9.17, 15) is 0 Å². The summed E-state index contributed by atoms with van der Waals surface area (Å²) in [4.78, 5) is 5.25. The van der Waals surface area contributed by atoms with Crippen LogP contribution < -0.4 is 0 Å². The van der Waals surface area contributed by atoms with E-state index in [-0.39, 0.29) is 6.10 Å². The smallest absolute Gasteiger partial charge is 0.133 e. The van der Waals surface area contributed by atoms with Gasteiger partial charge < -0.3 is 4.84 Å². The summed E-state index contributed by atoms with van der Waals surface area (Å²) in [5, 5.41) is 5.29. The second kappa shape index (κ2) is 4.42. The molecule has 1 aromatic carbocycles. The predicted molar refractivity (Wildman–Crippen MR) is 62.8 cm³/mol. The summed E-state index contributed by atoms with van der Waals surface area (Å²) in [6.45, 7) is 2.08. The molecule has 1 aliphatic rings. The SMILES string of the molecule is CCC1CC(c2cc(Cl)cc(Cl)c2)=NO1. The molecule has 80 valence electrons. The summed E-state index contributed by atoms with van der Waals surface area (Å²) in [5.74, 6) is 0. The van der Waals surface area contributed by atoms with Crippen molar-refractivity contribution in [3.63, 3.8) is 0 Å². The first-order chi connectivity index (χ1) is 7.19. The van der Waals surface area contributed by atoms with Crippen molar-refractivity contribution in [1.29, 1.82) is 0 Å². The van der Waals surface area contributed by atoms with Crippen molar-refractivity contribution in [3.05, 3.63) is 33.8 Å². The number of nitrogens with zero attached hydrogens (tertiary/aromatic N) is 1. The van der Waals surface area contributed by atoms with Crippen LogP contribution in [0, 0.1) is 0 Å². The minimum atomic E-state index is 0.192. The lowest BCUT2D eigenvalue weighted by molar-refractivity contribution is 0.0829. The highest BCUT2D eigenvalue weighted by Gasteiger charge is 2.20. The van der Waals surface area contributed by atoms with Crippen molar-refractivity contribution >= 4 is 28.9 Å². The number of halogens is 2. The van der Waals surface area contributed by atoms with Crippen LogP contribution >= 0.6 is 23.2 Å². The van der Waals surface area contributed by atoms with E-state index >= 15 is 0 Å². The van der Waals surface area contributed by atoms with Gasteiger partial charge in [-0.3, -0.25) is 0 Å². The van der Waals surface area contributed by atoms with Crippen LogP contribution in [0.4, 0.5) is 0 Å². The van der Waals surface area contributed by atoms with E-state index in [1.54, 1.807) is 6.07 Å². The number of oxime groups is 1. The van der Waals surface area contributed by atoms with Crippen LogP contribution in [0.1, 0.15) is 25.3 Å². The van der Waals surface area contributed by atoms with Crippen LogP contribution in [0.15, 0.2) is 23.4 Å². The molecule has 0 fully saturated rings. The van der Waals surface area contributed by atoms with Gasteiger partial charge in [-0.15, -0.1) is 0 Å². The highest BCUT2D eigenvalue weighted by molar-refractivity contribution is 6.35. The molecule has 1 aliphatic heterocycles. The molecule has 15 heavy (non-hydrogen) atoms. The van der Waals surface area contributed by atoms with Gasteiger partial charge in [0.15, 0.2) is 0 Å². The van der Waals surface area contributed by atoms with E-state index < -0.39 is 0 Å². The standard InChI is InChI=1S/C11H11Cl2NO/c1-2-10-6-11(14-15-10)7-3-8(12)5-9(13)4-7/h3-5,10H,2,6H2,1H3. The number of benzene rings is 1. The average molecular weight is 244 g/mol. The van der Waals surface area contributed by atoms with Crippen molar-refractivity contribution in [3.8, 4) is 0 Å². The third-order valence-corrected chi connectivity index (χ3v) is 2.82. The fraction of sp³-hybridized carbons (Fsp3) is 0.364. The lowest BCUT2D eigenvalue weighted by atomic mass is 10.0. The molecule has 2 nitrogen and oxygen atoms in total. The molecule has 1 heterocycles. The van der Waals surface area contributed by atoms with Gasteiger partial charge in [-0.2, -0.15) is 0 Å². The average Bonchev–Trinajstić information content (AvgIpc) is 2.64. The van der Waals surface area contributed by atoms with Crippen LogP contribution in [-0.2, 0) is 4.84 Å². The largest absolute Gasteiger partial charge is 0.392 e. The monoisotopic (exact) mass is 243 g/mol. The number of hydrogen-bond donors (Lipinski definition) is 0. The normalized spacial score (nSPS) is 19.9. The summed E-state index contributed by atoms with van der Waals surface area (Å²) in [6, 6.07) is 5.42. The van der Waals surface area contributed by atoms with Gasteiger partial charge in [0, 0.05) is 22.0 Å². The maximum atomic E-state index is 5.92. The summed E-state index contributed by atoms with van der Waals surface area (Å²) in [5.41, 5.74) is 1.87. The van der Waals surface area contributed by atoms with Crippen LogP contribution in [0.3, 0.4) is 0 Å². The van der Waals surface area contributed by atoms with Crippen LogP contribution in [0.2, 0.25) is 10.0 Å². The van der Waals surface area contributed by atoms with Crippen molar-refractivity contribution < 1.29 is 4.84 Å². The van der Waals surface area contributed by atoms with Crippen molar-refractivity contribution in [2.45, 2.75) is 25.9 Å².